The van der Waals surface area contributed by atoms with E-state index in [0.717, 1.165) is 16.9 Å². The molecular weight excluding hydrogens is 400 g/mol. The van der Waals surface area contributed by atoms with Crippen LogP contribution in [0.1, 0.15) is 63.6 Å². The molecule has 0 spiro atoms. The monoisotopic (exact) mass is 438 g/mol. The molecule has 0 unspecified atom stereocenters. The van der Waals surface area contributed by atoms with Crippen LogP contribution in [0.15, 0.2) is 48.5 Å². The molecule has 0 aliphatic heterocycles. The van der Waals surface area contributed by atoms with Crippen molar-refractivity contribution in [3.63, 3.8) is 0 Å². The van der Waals surface area contributed by atoms with E-state index < -0.39 is 6.04 Å². The Morgan fingerprint density at radius 2 is 1.50 bits per heavy atom. The average molecular weight is 439 g/mol. The van der Waals surface area contributed by atoms with Crippen molar-refractivity contribution in [2.24, 2.45) is 5.92 Å². The van der Waals surface area contributed by atoms with Gasteiger partial charge >= 0.3 is 0 Å². The summed E-state index contributed by atoms with van der Waals surface area (Å²) in [6.07, 6.45) is 1.01. The highest BCUT2D eigenvalue weighted by Gasteiger charge is 2.26. The number of ether oxygens (including phenoxy) is 1. The number of carbonyl (C=O) groups is 2. The maximum absolute atomic E-state index is 13.2. The highest BCUT2D eigenvalue weighted by molar-refractivity contribution is 5.87. The van der Waals surface area contributed by atoms with Crippen LogP contribution in [0.2, 0.25) is 0 Å². The van der Waals surface area contributed by atoms with Gasteiger partial charge in [-0.25, -0.2) is 0 Å². The summed E-state index contributed by atoms with van der Waals surface area (Å²) in [5.41, 5.74) is 3.38. The molecule has 0 bridgehead atoms. The fourth-order valence-electron chi connectivity index (χ4n) is 3.43. The SMILES string of the molecule is COc1ccc(CN(C(=O)CCc2ccc(C(C)C)cc2)[C@H](C)C(=O)NCC(C)C)cc1. The van der Waals surface area contributed by atoms with E-state index in [9.17, 15) is 9.59 Å². The first-order valence-electron chi connectivity index (χ1n) is 11.5. The lowest BCUT2D eigenvalue weighted by Crippen LogP contribution is -2.48. The van der Waals surface area contributed by atoms with E-state index in [0.29, 0.717) is 37.8 Å². The van der Waals surface area contributed by atoms with Crippen LogP contribution >= 0.6 is 0 Å². The van der Waals surface area contributed by atoms with E-state index >= 15 is 0 Å². The van der Waals surface area contributed by atoms with E-state index in [1.807, 2.05) is 24.3 Å². The molecule has 32 heavy (non-hydrogen) atoms. The number of benzene rings is 2. The summed E-state index contributed by atoms with van der Waals surface area (Å²) >= 11 is 0. The van der Waals surface area contributed by atoms with Gasteiger partial charge in [0, 0.05) is 19.5 Å². The Kier molecular flexibility index (Phi) is 9.76. The van der Waals surface area contributed by atoms with Crippen LogP contribution in [0.25, 0.3) is 0 Å². The summed E-state index contributed by atoms with van der Waals surface area (Å²) in [4.78, 5) is 27.6. The number of carbonyl (C=O) groups excluding carboxylic acids is 2. The average Bonchev–Trinajstić information content (AvgIpc) is 2.79. The highest BCUT2D eigenvalue weighted by Crippen LogP contribution is 2.18. The smallest absolute Gasteiger partial charge is 0.242 e. The predicted octanol–water partition coefficient (Wildman–Crippen LogP) is 4.94. The van der Waals surface area contributed by atoms with Crippen LogP contribution in [0.4, 0.5) is 0 Å². The van der Waals surface area contributed by atoms with Crippen LogP contribution in [-0.4, -0.2) is 36.4 Å². The van der Waals surface area contributed by atoms with Crippen molar-refractivity contribution < 1.29 is 14.3 Å². The van der Waals surface area contributed by atoms with Gasteiger partial charge in [-0.15, -0.1) is 0 Å². The van der Waals surface area contributed by atoms with Gasteiger partial charge in [0.1, 0.15) is 11.8 Å². The Morgan fingerprint density at radius 3 is 2.03 bits per heavy atom. The van der Waals surface area contributed by atoms with Crippen molar-refractivity contribution in [1.29, 1.82) is 0 Å². The van der Waals surface area contributed by atoms with Crippen molar-refractivity contribution in [2.45, 2.75) is 66.0 Å². The first-order valence-corrected chi connectivity index (χ1v) is 11.5. The topological polar surface area (TPSA) is 58.6 Å². The van der Waals surface area contributed by atoms with E-state index in [4.69, 9.17) is 4.74 Å². The first kappa shape index (κ1) is 25.4. The second-order valence-electron chi connectivity index (χ2n) is 9.08. The quantitative estimate of drug-likeness (QED) is 0.541. The zero-order valence-corrected chi connectivity index (χ0v) is 20.4. The van der Waals surface area contributed by atoms with Crippen LogP contribution < -0.4 is 10.1 Å². The zero-order chi connectivity index (χ0) is 23.7. The number of amides is 2. The number of rotatable bonds is 11. The standard InChI is InChI=1S/C27H38N2O3/c1-19(2)17-28-27(31)21(5)29(18-23-9-14-25(32-6)15-10-23)26(30)16-11-22-7-12-24(13-8-22)20(3)4/h7-10,12-15,19-21H,11,16-18H2,1-6H3,(H,28,31)/t21-/m1/s1. The Balaban J connectivity index is 2.11. The van der Waals surface area contributed by atoms with Crippen molar-refractivity contribution in [1.82, 2.24) is 10.2 Å². The molecule has 0 aliphatic rings. The predicted molar refractivity (Wildman–Crippen MR) is 130 cm³/mol. The molecule has 1 atom stereocenters. The molecule has 0 fully saturated rings. The lowest BCUT2D eigenvalue weighted by atomic mass is 10.00. The fraction of sp³-hybridized carbons (Fsp3) is 0.481. The second kappa shape index (κ2) is 12.3. The highest BCUT2D eigenvalue weighted by atomic mass is 16.5. The number of hydrogen-bond acceptors (Lipinski definition) is 3. The van der Waals surface area contributed by atoms with Gasteiger partial charge in [-0.1, -0.05) is 64.1 Å². The van der Waals surface area contributed by atoms with Gasteiger partial charge in [0.15, 0.2) is 0 Å². The van der Waals surface area contributed by atoms with Crippen molar-refractivity contribution in [3.8, 4) is 5.75 Å². The molecule has 0 saturated heterocycles. The molecule has 0 heterocycles. The minimum atomic E-state index is -0.549. The van der Waals surface area contributed by atoms with Gasteiger partial charge in [-0.3, -0.25) is 9.59 Å². The van der Waals surface area contributed by atoms with Crippen LogP contribution in [-0.2, 0) is 22.6 Å². The third-order valence-electron chi connectivity index (χ3n) is 5.64. The number of nitrogens with zero attached hydrogens (tertiary/aromatic N) is 1. The van der Waals surface area contributed by atoms with E-state index in [-0.39, 0.29) is 11.8 Å². The number of aryl methyl sites for hydroxylation is 1. The molecule has 5 heteroatoms. The molecule has 5 nitrogen and oxygen atoms in total. The Labute approximate surface area is 193 Å². The summed E-state index contributed by atoms with van der Waals surface area (Å²) in [6, 6.07) is 15.5. The van der Waals surface area contributed by atoms with Gasteiger partial charge in [0.2, 0.25) is 11.8 Å². The molecule has 174 valence electrons. The minimum absolute atomic E-state index is 0.0269. The molecule has 0 aliphatic carbocycles. The molecule has 0 radical (unpaired) electrons. The van der Waals surface area contributed by atoms with Crippen molar-refractivity contribution >= 4 is 11.8 Å². The molecule has 2 aromatic rings. The van der Waals surface area contributed by atoms with Gasteiger partial charge in [-0.2, -0.15) is 0 Å². The molecule has 2 aromatic carbocycles. The molecule has 0 aromatic heterocycles. The number of nitrogens with one attached hydrogen (secondary N) is 1. The summed E-state index contributed by atoms with van der Waals surface area (Å²) in [7, 11) is 1.62. The maximum atomic E-state index is 13.2. The third-order valence-corrected chi connectivity index (χ3v) is 5.64. The summed E-state index contributed by atoms with van der Waals surface area (Å²) in [5, 5.41) is 2.96. The Hall–Kier alpha value is -2.82. The Bertz CT molecular complexity index is 857. The van der Waals surface area contributed by atoms with Crippen molar-refractivity contribution in [2.75, 3.05) is 13.7 Å². The molecule has 1 N–H and O–H groups in total. The zero-order valence-electron chi connectivity index (χ0n) is 20.4. The largest absolute Gasteiger partial charge is 0.497 e. The Morgan fingerprint density at radius 1 is 0.906 bits per heavy atom. The second-order valence-corrected chi connectivity index (χ2v) is 9.08. The van der Waals surface area contributed by atoms with Gasteiger partial charge in [0.05, 0.1) is 7.11 Å². The summed E-state index contributed by atoms with van der Waals surface area (Å²) in [6.45, 7) is 11.2. The summed E-state index contributed by atoms with van der Waals surface area (Å²) in [5.74, 6) is 1.45. The van der Waals surface area contributed by atoms with E-state index in [1.165, 1.54) is 5.56 Å². The molecule has 2 amide bonds. The van der Waals surface area contributed by atoms with Crippen molar-refractivity contribution in [3.05, 3.63) is 65.2 Å². The van der Waals surface area contributed by atoms with Gasteiger partial charge < -0.3 is 15.0 Å². The van der Waals surface area contributed by atoms with Crippen LogP contribution in [0.5, 0.6) is 5.75 Å². The maximum Gasteiger partial charge on any atom is 0.242 e. The summed E-state index contributed by atoms with van der Waals surface area (Å²) < 4.78 is 5.23. The van der Waals surface area contributed by atoms with Crippen LogP contribution in [0.3, 0.4) is 0 Å². The molecule has 0 saturated carbocycles. The molecular formula is C27H38N2O3. The third kappa shape index (κ3) is 7.70. The van der Waals surface area contributed by atoms with Gasteiger partial charge in [0.25, 0.3) is 0 Å². The van der Waals surface area contributed by atoms with E-state index in [2.05, 4.69) is 57.3 Å². The van der Waals surface area contributed by atoms with Crippen LogP contribution in [0, 0.1) is 5.92 Å². The van der Waals surface area contributed by atoms with Gasteiger partial charge in [-0.05, 0) is 54.0 Å². The molecule has 2 rings (SSSR count). The number of hydrogen-bond donors (Lipinski definition) is 1. The minimum Gasteiger partial charge on any atom is -0.497 e. The number of methoxy groups -OCH3 is 1. The first-order chi connectivity index (χ1) is 15.2. The van der Waals surface area contributed by atoms with E-state index in [1.54, 1.807) is 18.9 Å². The lowest BCUT2D eigenvalue weighted by Gasteiger charge is -2.29. The normalized spacial score (nSPS) is 12.0. The lowest BCUT2D eigenvalue weighted by molar-refractivity contribution is -0.140. The fourth-order valence-corrected chi connectivity index (χ4v) is 3.43.